The molecule has 6 heteroatoms. The van der Waals surface area contributed by atoms with Crippen LogP contribution in [0.4, 0.5) is 5.82 Å². The molecular formula is C13H21N3OS2. The van der Waals surface area contributed by atoms with Crippen molar-refractivity contribution in [2.24, 2.45) is 0 Å². The summed E-state index contributed by atoms with van der Waals surface area (Å²) in [5.41, 5.74) is 0.960. The van der Waals surface area contributed by atoms with Gasteiger partial charge < -0.3 is 10.1 Å². The lowest BCUT2D eigenvalue weighted by atomic mass is 10.3. The van der Waals surface area contributed by atoms with Gasteiger partial charge in [0.2, 0.25) is 0 Å². The number of thioether (sulfide) groups is 2. The van der Waals surface area contributed by atoms with E-state index < -0.39 is 0 Å². The lowest BCUT2D eigenvalue weighted by molar-refractivity contribution is 0.181. The highest BCUT2D eigenvalue weighted by Crippen LogP contribution is 2.35. The summed E-state index contributed by atoms with van der Waals surface area (Å²) in [5.74, 6) is 5.40. The fourth-order valence-corrected chi connectivity index (χ4v) is 4.46. The minimum absolute atomic E-state index is 0.415. The maximum Gasteiger partial charge on any atom is 0.144 e. The molecule has 0 aliphatic carbocycles. The van der Waals surface area contributed by atoms with Crippen molar-refractivity contribution < 1.29 is 4.74 Å². The fourth-order valence-electron chi connectivity index (χ4n) is 1.86. The molecule has 1 aromatic heterocycles. The molecule has 1 unspecified atom stereocenters. The van der Waals surface area contributed by atoms with E-state index in [1.807, 2.05) is 29.6 Å². The van der Waals surface area contributed by atoms with E-state index in [1.165, 1.54) is 11.5 Å². The van der Waals surface area contributed by atoms with Crippen LogP contribution in [0.3, 0.4) is 0 Å². The first-order chi connectivity index (χ1) is 9.33. The van der Waals surface area contributed by atoms with Gasteiger partial charge in [0, 0.05) is 37.0 Å². The van der Waals surface area contributed by atoms with Crippen molar-refractivity contribution in [1.29, 1.82) is 0 Å². The molecule has 1 aliphatic heterocycles. The van der Waals surface area contributed by atoms with Crippen LogP contribution < -0.4 is 5.32 Å². The first kappa shape index (κ1) is 14.9. The molecule has 0 amide bonds. The van der Waals surface area contributed by atoms with E-state index in [-0.39, 0.29) is 0 Å². The van der Waals surface area contributed by atoms with Crippen LogP contribution in [0.1, 0.15) is 30.1 Å². The molecule has 1 N–H and O–H groups in total. The predicted octanol–water partition coefficient (Wildman–Crippen LogP) is 2.97. The number of hydrogen-bond acceptors (Lipinski definition) is 6. The van der Waals surface area contributed by atoms with Gasteiger partial charge in [0.15, 0.2) is 0 Å². The Morgan fingerprint density at radius 1 is 1.42 bits per heavy atom. The van der Waals surface area contributed by atoms with Crippen molar-refractivity contribution in [3.8, 4) is 0 Å². The SMILES string of the molecule is CCCNc1cc(COC)nc(C2CSCCS2)n1. The Labute approximate surface area is 123 Å². The van der Waals surface area contributed by atoms with E-state index in [0.29, 0.717) is 11.9 Å². The number of nitrogens with one attached hydrogen (secondary N) is 1. The Balaban J connectivity index is 2.17. The van der Waals surface area contributed by atoms with Crippen LogP contribution >= 0.6 is 23.5 Å². The van der Waals surface area contributed by atoms with Crippen LogP contribution in [0, 0.1) is 0 Å². The zero-order valence-corrected chi connectivity index (χ0v) is 13.1. The van der Waals surface area contributed by atoms with E-state index >= 15 is 0 Å². The smallest absolute Gasteiger partial charge is 0.144 e. The number of methoxy groups -OCH3 is 1. The summed E-state index contributed by atoms with van der Waals surface area (Å²) < 4.78 is 5.20. The second-order valence-corrected chi connectivity index (χ2v) is 6.86. The summed E-state index contributed by atoms with van der Waals surface area (Å²) in [5, 5.41) is 3.76. The molecule has 2 heterocycles. The second-order valence-electron chi connectivity index (χ2n) is 4.40. The molecule has 106 valence electrons. The molecule has 0 saturated carbocycles. The van der Waals surface area contributed by atoms with Gasteiger partial charge in [-0.3, -0.25) is 0 Å². The number of nitrogens with zero attached hydrogens (tertiary/aromatic N) is 2. The van der Waals surface area contributed by atoms with Crippen LogP contribution in [0.25, 0.3) is 0 Å². The van der Waals surface area contributed by atoms with Crippen molar-refractivity contribution >= 4 is 29.3 Å². The summed E-state index contributed by atoms with van der Waals surface area (Å²) >= 11 is 3.95. The number of anilines is 1. The van der Waals surface area contributed by atoms with E-state index in [9.17, 15) is 0 Å². The molecule has 1 saturated heterocycles. The van der Waals surface area contributed by atoms with Crippen molar-refractivity contribution in [3.05, 3.63) is 17.6 Å². The van der Waals surface area contributed by atoms with Gasteiger partial charge in [0.1, 0.15) is 11.6 Å². The molecule has 2 rings (SSSR count). The highest BCUT2D eigenvalue weighted by atomic mass is 32.2. The second kappa shape index (κ2) is 7.97. The molecule has 0 aromatic carbocycles. The Morgan fingerprint density at radius 3 is 3.00 bits per heavy atom. The van der Waals surface area contributed by atoms with Gasteiger partial charge in [-0.2, -0.15) is 11.8 Å². The van der Waals surface area contributed by atoms with Gasteiger partial charge in [-0.1, -0.05) is 6.92 Å². The van der Waals surface area contributed by atoms with Gasteiger partial charge in [-0.15, -0.1) is 11.8 Å². The summed E-state index contributed by atoms with van der Waals surface area (Å²) in [6.07, 6.45) is 1.09. The third-order valence-electron chi connectivity index (χ3n) is 2.75. The zero-order chi connectivity index (χ0) is 13.5. The van der Waals surface area contributed by atoms with Crippen LogP contribution in [0.5, 0.6) is 0 Å². The Bertz CT molecular complexity index is 397. The molecular weight excluding hydrogens is 278 g/mol. The molecule has 0 radical (unpaired) electrons. The average molecular weight is 299 g/mol. The molecule has 1 aliphatic rings. The third kappa shape index (κ3) is 4.54. The van der Waals surface area contributed by atoms with Crippen LogP contribution in [-0.2, 0) is 11.3 Å². The summed E-state index contributed by atoms with van der Waals surface area (Å²) in [6.45, 7) is 3.63. The van der Waals surface area contributed by atoms with Crippen LogP contribution in [-0.4, -0.2) is 40.9 Å². The molecule has 19 heavy (non-hydrogen) atoms. The first-order valence-electron chi connectivity index (χ1n) is 6.63. The number of hydrogen-bond donors (Lipinski definition) is 1. The van der Waals surface area contributed by atoms with Gasteiger partial charge in [-0.05, 0) is 6.42 Å². The minimum atomic E-state index is 0.415. The van der Waals surface area contributed by atoms with E-state index in [4.69, 9.17) is 4.74 Å². The normalized spacial score (nSPS) is 19.4. The Hall–Kier alpha value is -0.460. The summed E-state index contributed by atoms with van der Waals surface area (Å²) in [4.78, 5) is 9.31. The first-order valence-corrected chi connectivity index (χ1v) is 8.84. The van der Waals surface area contributed by atoms with Crippen molar-refractivity contribution in [2.45, 2.75) is 25.2 Å². The maximum atomic E-state index is 5.20. The lowest BCUT2D eigenvalue weighted by Gasteiger charge is -2.20. The maximum absolute atomic E-state index is 5.20. The summed E-state index contributed by atoms with van der Waals surface area (Å²) in [6, 6.07) is 1.99. The van der Waals surface area contributed by atoms with E-state index in [0.717, 1.165) is 36.1 Å². The van der Waals surface area contributed by atoms with Crippen LogP contribution in [0.2, 0.25) is 0 Å². The van der Waals surface area contributed by atoms with Crippen molar-refractivity contribution in [1.82, 2.24) is 9.97 Å². The van der Waals surface area contributed by atoms with Gasteiger partial charge in [0.05, 0.1) is 17.6 Å². The van der Waals surface area contributed by atoms with Gasteiger partial charge in [-0.25, -0.2) is 9.97 Å². The highest BCUT2D eigenvalue weighted by Gasteiger charge is 2.20. The third-order valence-corrected chi connectivity index (χ3v) is 5.50. The highest BCUT2D eigenvalue weighted by molar-refractivity contribution is 8.06. The molecule has 1 aromatic rings. The Morgan fingerprint density at radius 2 is 2.32 bits per heavy atom. The number of ether oxygens (including phenoxy) is 1. The van der Waals surface area contributed by atoms with E-state index in [2.05, 4.69) is 22.2 Å². The number of rotatable bonds is 6. The van der Waals surface area contributed by atoms with Gasteiger partial charge in [0.25, 0.3) is 0 Å². The lowest BCUT2D eigenvalue weighted by Crippen LogP contribution is -2.13. The van der Waals surface area contributed by atoms with Crippen molar-refractivity contribution in [3.63, 3.8) is 0 Å². The van der Waals surface area contributed by atoms with Gasteiger partial charge >= 0.3 is 0 Å². The quantitative estimate of drug-likeness (QED) is 0.871. The fraction of sp³-hybridized carbons (Fsp3) is 0.692. The summed E-state index contributed by atoms with van der Waals surface area (Å²) in [7, 11) is 1.70. The molecule has 1 atom stereocenters. The molecule has 0 spiro atoms. The topological polar surface area (TPSA) is 47.0 Å². The van der Waals surface area contributed by atoms with Crippen molar-refractivity contribution in [2.75, 3.05) is 36.2 Å². The monoisotopic (exact) mass is 299 g/mol. The molecule has 1 fully saturated rings. The minimum Gasteiger partial charge on any atom is -0.378 e. The van der Waals surface area contributed by atoms with E-state index in [1.54, 1.807) is 7.11 Å². The molecule has 0 bridgehead atoms. The zero-order valence-electron chi connectivity index (χ0n) is 11.5. The predicted molar refractivity (Wildman–Crippen MR) is 84.0 cm³/mol. The standard InChI is InChI=1S/C13H21N3OS2/c1-3-4-14-12-7-10(8-17-2)15-13(16-12)11-9-18-5-6-19-11/h7,11H,3-6,8-9H2,1-2H3,(H,14,15,16). The number of aromatic nitrogens is 2. The molecule has 4 nitrogen and oxygen atoms in total. The average Bonchev–Trinajstić information content (AvgIpc) is 2.46. The Kier molecular flexibility index (Phi) is 6.26. The van der Waals surface area contributed by atoms with Crippen LogP contribution in [0.15, 0.2) is 6.07 Å². The largest absolute Gasteiger partial charge is 0.378 e.